The summed E-state index contributed by atoms with van der Waals surface area (Å²) < 4.78 is 0. The van der Waals surface area contributed by atoms with Crippen molar-refractivity contribution >= 4 is 17.7 Å². The second-order valence-electron chi connectivity index (χ2n) is 8.47. The van der Waals surface area contributed by atoms with E-state index in [9.17, 15) is 14.4 Å². The van der Waals surface area contributed by atoms with Gasteiger partial charge in [-0.1, -0.05) is 84.4 Å². The first kappa shape index (κ1) is 21.5. The molecule has 3 aromatic carbocycles. The van der Waals surface area contributed by atoms with Gasteiger partial charge in [-0.2, -0.15) is 0 Å². The Balaban J connectivity index is 1.63. The number of hydrogen-bond acceptors (Lipinski definition) is 3. The van der Waals surface area contributed by atoms with Crippen LogP contribution in [0.4, 0.5) is 4.79 Å². The van der Waals surface area contributed by atoms with E-state index in [0.717, 1.165) is 27.2 Å². The maximum Gasteiger partial charge on any atom is 0.325 e. The van der Waals surface area contributed by atoms with E-state index >= 15 is 0 Å². The molecule has 1 N–H and O–H groups in total. The maximum atomic E-state index is 13.6. The molecule has 1 saturated heterocycles. The molecule has 1 aliphatic heterocycles. The molecule has 5 nitrogen and oxygen atoms in total. The van der Waals surface area contributed by atoms with E-state index in [-0.39, 0.29) is 18.2 Å². The lowest BCUT2D eigenvalue weighted by Crippen LogP contribution is -2.51. The highest BCUT2D eigenvalue weighted by molar-refractivity contribution is 6.11. The van der Waals surface area contributed by atoms with E-state index in [1.165, 1.54) is 0 Å². The third-order valence-corrected chi connectivity index (χ3v) is 5.93. The van der Waals surface area contributed by atoms with E-state index in [4.69, 9.17) is 0 Å². The number of aryl methyl sites for hydroxylation is 2. The summed E-state index contributed by atoms with van der Waals surface area (Å²) in [7, 11) is 0. The second-order valence-corrected chi connectivity index (χ2v) is 8.47. The van der Waals surface area contributed by atoms with Crippen molar-refractivity contribution in [3.8, 4) is 0 Å². The van der Waals surface area contributed by atoms with E-state index in [1.54, 1.807) is 6.07 Å². The highest BCUT2D eigenvalue weighted by Gasteiger charge is 2.51. The van der Waals surface area contributed by atoms with E-state index < -0.39 is 11.6 Å². The second kappa shape index (κ2) is 8.79. The van der Waals surface area contributed by atoms with Crippen molar-refractivity contribution in [1.82, 2.24) is 10.2 Å². The minimum Gasteiger partial charge on any atom is -0.322 e. The van der Waals surface area contributed by atoms with Crippen molar-refractivity contribution in [3.05, 3.63) is 107 Å². The predicted molar refractivity (Wildman–Crippen MR) is 124 cm³/mol. The predicted octanol–water partition coefficient (Wildman–Crippen LogP) is 4.26. The van der Waals surface area contributed by atoms with Crippen LogP contribution in [-0.2, 0) is 17.6 Å². The number of ketones is 1. The molecule has 3 aromatic rings. The van der Waals surface area contributed by atoms with Gasteiger partial charge in [0, 0.05) is 18.4 Å². The van der Waals surface area contributed by atoms with Crippen molar-refractivity contribution < 1.29 is 14.4 Å². The van der Waals surface area contributed by atoms with Crippen molar-refractivity contribution in [1.29, 1.82) is 0 Å². The van der Waals surface area contributed by atoms with Crippen LogP contribution in [0.25, 0.3) is 0 Å². The minimum atomic E-state index is -1.14. The largest absolute Gasteiger partial charge is 0.325 e. The average Bonchev–Trinajstić information content (AvgIpc) is 2.99. The quantitative estimate of drug-likeness (QED) is 0.453. The van der Waals surface area contributed by atoms with Crippen LogP contribution in [0.1, 0.15) is 32.6 Å². The summed E-state index contributed by atoms with van der Waals surface area (Å²) in [6.45, 7) is 3.54. The normalized spacial score (nSPS) is 15.0. The molecular weight excluding hydrogens is 400 g/mol. The molecule has 1 fully saturated rings. The van der Waals surface area contributed by atoms with Gasteiger partial charge >= 0.3 is 6.03 Å². The zero-order chi connectivity index (χ0) is 22.7. The highest BCUT2D eigenvalue weighted by Crippen LogP contribution is 2.27. The monoisotopic (exact) mass is 426 g/mol. The summed E-state index contributed by atoms with van der Waals surface area (Å²) in [5.41, 5.74) is 3.17. The molecule has 162 valence electrons. The Kier molecular flexibility index (Phi) is 5.91. The summed E-state index contributed by atoms with van der Waals surface area (Å²) in [5.74, 6) is -0.616. The van der Waals surface area contributed by atoms with E-state index in [1.807, 2.05) is 86.6 Å². The Labute approximate surface area is 188 Å². The molecule has 1 aliphatic rings. The number of urea groups is 1. The Bertz CT molecular complexity index is 1110. The number of nitrogens with one attached hydrogen (secondary N) is 1. The lowest BCUT2D eigenvalue weighted by Gasteiger charge is -2.27. The van der Waals surface area contributed by atoms with Crippen molar-refractivity contribution in [2.75, 3.05) is 6.54 Å². The summed E-state index contributed by atoms with van der Waals surface area (Å²) in [4.78, 5) is 40.6. The molecule has 0 saturated carbocycles. The molecule has 4 rings (SSSR count). The third-order valence-electron chi connectivity index (χ3n) is 5.93. The summed E-state index contributed by atoms with van der Waals surface area (Å²) >= 11 is 0. The number of nitrogens with zero attached hydrogens (tertiary/aromatic N) is 1. The Morgan fingerprint density at radius 2 is 1.41 bits per heavy atom. The van der Waals surface area contributed by atoms with Gasteiger partial charge in [-0.15, -0.1) is 0 Å². The fourth-order valence-corrected chi connectivity index (χ4v) is 4.37. The summed E-state index contributed by atoms with van der Waals surface area (Å²) in [5, 5.41) is 2.93. The lowest BCUT2D eigenvalue weighted by molar-refractivity contribution is -0.131. The summed E-state index contributed by atoms with van der Waals surface area (Å²) in [6.07, 6.45) is 0.698. The molecule has 3 amide bonds. The first-order chi connectivity index (χ1) is 15.4. The number of carbonyl (C=O) groups excluding carboxylic acids is 3. The van der Waals surface area contributed by atoms with Crippen LogP contribution in [0.3, 0.4) is 0 Å². The molecule has 0 atom stereocenters. The third kappa shape index (κ3) is 4.33. The van der Waals surface area contributed by atoms with Crippen molar-refractivity contribution in [3.63, 3.8) is 0 Å². The van der Waals surface area contributed by atoms with Crippen LogP contribution in [0.5, 0.6) is 0 Å². The zero-order valence-corrected chi connectivity index (χ0v) is 18.3. The van der Waals surface area contributed by atoms with Gasteiger partial charge in [0.2, 0.25) is 0 Å². The van der Waals surface area contributed by atoms with E-state index in [2.05, 4.69) is 5.32 Å². The van der Waals surface area contributed by atoms with Gasteiger partial charge in [-0.25, -0.2) is 4.79 Å². The van der Waals surface area contributed by atoms with Gasteiger partial charge in [0.25, 0.3) is 5.91 Å². The van der Waals surface area contributed by atoms with Crippen LogP contribution >= 0.6 is 0 Å². The van der Waals surface area contributed by atoms with Crippen molar-refractivity contribution in [2.45, 2.75) is 32.2 Å². The van der Waals surface area contributed by atoms with Gasteiger partial charge < -0.3 is 5.32 Å². The van der Waals surface area contributed by atoms with Gasteiger partial charge in [0.05, 0.1) is 6.54 Å². The minimum absolute atomic E-state index is 0.249. The van der Waals surface area contributed by atoms with Gasteiger partial charge in [-0.05, 0) is 30.5 Å². The van der Waals surface area contributed by atoms with Crippen LogP contribution < -0.4 is 5.32 Å². The first-order valence-electron chi connectivity index (χ1n) is 10.7. The Morgan fingerprint density at radius 3 is 1.94 bits per heavy atom. The molecule has 0 bridgehead atoms. The molecule has 0 aliphatic carbocycles. The number of Topliss-reactive ketones (excluding diaryl/α,β-unsaturated/α-hetero) is 1. The van der Waals surface area contributed by atoms with Crippen LogP contribution in [0, 0.1) is 13.8 Å². The molecular formula is C27H26N2O3. The molecule has 0 aromatic heterocycles. The number of imide groups is 1. The van der Waals surface area contributed by atoms with Crippen LogP contribution in [0.2, 0.25) is 0 Å². The lowest BCUT2D eigenvalue weighted by atomic mass is 9.84. The fourth-order valence-electron chi connectivity index (χ4n) is 4.37. The highest BCUT2D eigenvalue weighted by atomic mass is 16.2. The van der Waals surface area contributed by atoms with Crippen molar-refractivity contribution in [2.24, 2.45) is 0 Å². The van der Waals surface area contributed by atoms with Gasteiger partial charge in [-0.3, -0.25) is 14.5 Å². The van der Waals surface area contributed by atoms with Gasteiger partial charge in [0.15, 0.2) is 5.78 Å². The molecule has 0 radical (unpaired) electrons. The number of hydrogen-bond donors (Lipinski definition) is 1. The Morgan fingerprint density at radius 1 is 0.844 bits per heavy atom. The Hall–Kier alpha value is -3.73. The first-order valence-corrected chi connectivity index (χ1v) is 10.7. The van der Waals surface area contributed by atoms with Crippen LogP contribution in [0.15, 0.2) is 78.9 Å². The fraction of sp³-hybridized carbons (Fsp3) is 0.222. The number of benzene rings is 3. The number of rotatable bonds is 7. The topological polar surface area (TPSA) is 66.5 Å². The zero-order valence-electron chi connectivity index (χ0n) is 18.3. The summed E-state index contributed by atoms with van der Waals surface area (Å²) in [6, 6.07) is 24.2. The molecule has 0 unspecified atom stereocenters. The van der Waals surface area contributed by atoms with Gasteiger partial charge in [0.1, 0.15) is 5.54 Å². The number of amides is 3. The smallest absolute Gasteiger partial charge is 0.322 e. The maximum absolute atomic E-state index is 13.6. The average molecular weight is 427 g/mol. The molecule has 5 heteroatoms. The molecule has 1 heterocycles. The van der Waals surface area contributed by atoms with Crippen LogP contribution in [-0.4, -0.2) is 34.7 Å². The molecule has 32 heavy (non-hydrogen) atoms. The standard InChI is InChI=1S/C27H26N2O3/c1-19-13-14-23(20(2)15-19)24(30)18-29-25(31)27(28-26(29)32,16-21-9-5-3-6-10-21)17-22-11-7-4-8-12-22/h3-15H,16-18H2,1-2H3,(H,28,32). The number of carbonyl (C=O) groups is 3. The van der Waals surface area contributed by atoms with E-state index in [0.29, 0.717) is 18.4 Å². The molecule has 0 spiro atoms. The SMILES string of the molecule is Cc1ccc(C(=O)CN2C(=O)NC(Cc3ccccc3)(Cc3ccccc3)C2=O)c(C)c1.